The minimum atomic E-state index is 0. The van der Waals surface area contributed by atoms with E-state index in [4.69, 9.17) is 0 Å². The molecule has 1 aromatic carbocycles. The maximum atomic E-state index is 4.36. The molecule has 14 nitrogen and oxygen atoms in total. The van der Waals surface area contributed by atoms with E-state index < -0.39 is 0 Å². The highest BCUT2D eigenvalue weighted by Gasteiger charge is 2.30. The van der Waals surface area contributed by atoms with Crippen molar-refractivity contribution in [1.82, 2.24) is 57.3 Å². The van der Waals surface area contributed by atoms with Crippen molar-refractivity contribution in [2.75, 3.05) is 0 Å². The maximum absolute atomic E-state index is 4.36. The monoisotopic (exact) mass is 510 g/mol. The minimum Gasteiger partial charge on any atom is -0.412 e. The van der Waals surface area contributed by atoms with E-state index in [1.165, 1.54) is 0 Å². The maximum Gasteiger partial charge on any atom is 0.0994 e. The summed E-state index contributed by atoms with van der Waals surface area (Å²) in [5.41, 5.74) is 5.17. The highest BCUT2D eigenvalue weighted by molar-refractivity contribution is 5.88. The van der Waals surface area contributed by atoms with Crippen molar-refractivity contribution in [3.8, 4) is 34.1 Å². The van der Waals surface area contributed by atoms with Gasteiger partial charge in [0.15, 0.2) is 0 Å². The van der Waals surface area contributed by atoms with Crippen LogP contribution < -0.4 is 0 Å². The molecule has 0 radical (unpaired) electrons. The van der Waals surface area contributed by atoms with E-state index in [0.29, 0.717) is 0 Å². The van der Waals surface area contributed by atoms with Crippen molar-refractivity contribution in [2.45, 2.75) is 0 Å². The summed E-state index contributed by atoms with van der Waals surface area (Å²) in [5, 5.41) is 0. The topological polar surface area (TPSA) is 170 Å². The van der Waals surface area contributed by atoms with E-state index in [1.54, 1.807) is 75.1 Å². The molecule has 0 bridgehead atoms. The quantitative estimate of drug-likeness (QED) is 0.325. The van der Waals surface area contributed by atoms with E-state index in [0.717, 1.165) is 34.1 Å². The van der Waals surface area contributed by atoms with E-state index in [9.17, 15) is 0 Å². The van der Waals surface area contributed by atoms with Gasteiger partial charge in [0.05, 0.1) is 72.1 Å². The number of hydrogen-bond donors (Lipinski definition) is 0. The smallest absolute Gasteiger partial charge is 0.0994 e. The van der Waals surface area contributed by atoms with Crippen LogP contribution >= 0.6 is 0 Å². The first-order chi connectivity index (χ1) is 17.9. The third-order valence-electron chi connectivity index (χ3n) is 5.92. The van der Waals surface area contributed by atoms with E-state index >= 15 is 0 Å². The summed E-state index contributed by atoms with van der Waals surface area (Å²) in [7, 11) is 0. The average Bonchev–Trinajstić information content (AvgIpc) is 3.78. The lowest BCUT2D eigenvalue weighted by atomic mass is 10.1. The molecule has 14 heteroatoms. The predicted molar refractivity (Wildman–Crippen MR) is 136 cm³/mol. The van der Waals surface area contributed by atoms with Crippen LogP contribution in [0, 0.1) is 0 Å². The molecule has 7 aromatic rings. The molecule has 6 heterocycles. The molecule has 0 unspecified atom stereocenters. The molecule has 7 rings (SSSR count). The molecule has 0 saturated heterocycles. The van der Waals surface area contributed by atoms with Crippen LogP contribution in [0.3, 0.4) is 0 Å². The zero-order valence-electron chi connectivity index (χ0n) is 19.8. The lowest BCUT2D eigenvalue weighted by Crippen LogP contribution is -2.18. The van der Waals surface area contributed by atoms with Gasteiger partial charge in [-0.1, -0.05) is 0 Å². The number of aromatic nitrogens is 12. The number of nitrogens with zero attached hydrogens (tertiary/aromatic N) is 12. The highest BCUT2D eigenvalue weighted by Crippen LogP contribution is 2.42. The normalized spacial score (nSPS) is 10.7. The third kappa shape index (κ3) is 3.69. The molecule has 0 atom stereocenters. The first kappa shape index (κ1) is 24.1. The van der Waals surface area contributed by atoms with Gasteiger partial charge in [-0.05, 0) is 0 Å². The first-order valence-corrected chi connectivity index (χ1v) is 11.0. The summed E-state index contributed by atoms with van der Waals surface area (Å²) >= 11 is 0. The molecule has 4 N–H and O–H groups in total. The Morgan fingerprint density at radius 2 is 0.447 bits per heavy atom. The summed E-state index contributed by atoms with van der Waals surface area (Å²) in [5.74, 6) is 0. The SMILES string of the molecule is O.O.c1cn(-c2c(-n3ccnc3)c(-n3ccnc3)c(-n3ccnc3)c(-n3ccnc3)c2-n2ccnc2)cn1. The van der Waals surface area contributed by atoms with Crippen LogP contribution in [0.15, 0.2) is 112 Å². The summed E-state index contributed by atoms with van der Waals surface area (Å²) in [6, 6.07) is 0. The Labute approximate surface area is 215 Å². The van der Waals surface area contributed by atoms with Crippen LogP contribution in [0.1, 0.15) is 0 Å². The van der Waals surface area contributed by atoms with Crippen molar-refractivity contribution in [3.05, 3.63) is 112 Å². The van der Waals surface area contributed by atoms with Gasteiger partial charge in [0.25, 0.3) is 0 Å². The van der Waals surface area contributed by atoms with Crippen molar-refractivity contribution in [3.63, 3.8) is 0 Å². The third-order valence-corrected chi connectivity index (χ3v) is 5.92. The molecule has 0 spiro atoms. The molecular formula is C24H22N12O2. The van der Waals surface area contributed by atoms with Gasteiger partial charge in [-0.3, -0.25) is 0 Å². The van der Waals surface area contributed by atoms with Gasteiger partial charge in [0, 0.05) is 74.4 Å². The van der Waals surface area contributed by atoms with Gasteiger partial charge in [0.1, 0.15) is 0 Å². The average molecular weight is 511 g/mol. The number of hydrogen-bond acceptors (Lipinski definition) is 6. The van der Waals surface area contributed by atoms with Gasteiger partial charge in [-0.2, -0.15) is 0 Å². The lowest BCUT2D eigenvalue weighted by molar-refractivity contribution is 0.823. The molecule has 0 aliphatic carbocycles. The van der Waals surface area contributed by atoms with Gasteiger partial charge < -0.3 is 38.4 Å². The molecular weight excluding hydrogens is 488 g/mol. The summed E-state index contributed by atoms with van der Waals surface area (Å²) in [6.45, 7) is 0. The number of imidazole rings is 6. The first-order valence-electron chi connectivity index (χ1n) is 11.0. The van der Waals surface area contributed by atoms with E-state index in [1.807, 2.05) is 64.6 Å². The predicted octanol–water partition coefficient (Wildman–Crippen LogP) is 1.15. The van der Waals surface area contributed by atoms with E-state index in [-0.39, 0.29) is 11.0 Å². The molecule has 0 amide bonds. The Kier molecular flexibility index (Phi) is 6.22. The molecule has 190 valence electrons. The van der Waals surface area contributed by atoms with Crippen molar-refractivity contribution in [2.24, 2.45) is 0 Å². The Morgan fingerprint density at radius 1 is 0.289 bits per heavy atom. The molecule has 0 fully saturated rings. The second kappa shape index (κ2) is 9.81. The van der Waals surface area contributed by atoms with Gasteiger partial charge in [-0.15, -0.1) is 0 Å². The van der Waals surface area contributed by atoms with Crippen LogP contribution in [-0.2, 0) is 0 Å². The fourth-order valence-electron chi connectivity index (χ4n) is 4.49. The molecule has 0 saturated carbocycles. The summed E-state index contributed by atoms with van der Waals surface area (Å²) < 4.78 is 11.9. The Hall–Kier alpha value is -5.60. The van der Waals surface area contributed by atoms with Gasteiger partial charge >= 0.3 is 0 Å². The van der Waals surface area contributed by atoms with Crippen LogP contribution in [0.2, 0.25) is 0 Å². The Bertz CT molecular complexity index is 1350. The molecule has 0 aliphatic rings. The Morgan fingerprint density at radius 3 is 0.553 bits per heavy atom. The standard InChI is InChI=1S/C24H18N12.2H2O/c1-7-31(13-25-1)19-20(32-8-2-26-14-32)22(34-10-4-28-16-34)24(36-12-6-30-18-36)23(35-11-5-29-17-35)21(19)33-9-3-27-15-33;;/h1-18H;2*1H2. The van der Waals surface area contributed by atoms with Crippen LogP contribution in [0.5, 0.6) is 0 Å². The van der Waals surface area contributed by atoms with Crippen LogP contribution in [0.4, 0.5) is 0 Å². The summed E-state index contributed by atoms with van der Waals surface area (Å²) in [4.78, 5) is 26.2. The van der Waals surface area contributed by atoms with Crippen LogP contribution in [-0.4, -0.2) is 68.3 Å². The summed E-state index contributed by atoms with van der Waals surface area (Å²) in [6.07, 6.45) is 32.7. The second-order valence-electron chi connectivity index (χ2n) is 7.91. The van der Waals surface area contributed by atoms with Crippen molar-refractivity contribution in [1.29, 1.82) is 0 Å². The van der Waals surface area contributed by atoms with Gasteiger partial charge in [-0.25, -0.2) is 29.9 Å². The zero-order valence-corrected chi connectivity index (χ0v) is 19.8. The van der Waals surface area contributed by atoms with E-state index in [2.05, 4.69) is 29.9 Å². The number of rotatable bonds is 6. The molecule has 38 heavy (non-hydrogen) atoms. The van der Waals surface area contributed by atoms with Crippen molar-refractivity contribution < 1.29 is 11.0 Å². The molecule has 0 aliphatic heterocycles. The van der Waals surface area contributed by atoms with Crippen molar-refractivity contribution >= 4 is 0 Å². The fourth-order valence-corrected chi connectivity index (χ4v) is 4.49. The number of benzene rings is 1. The van der Waals surface area contributed by atoms with Gasteiger partial charge in [0.2, 0.25) is 0 Å². The Balaban J connectivity index is 0.00000147. The second-order valence-corrected chi connectivity index (χ2v) is 7.91. The fraction of sp³-hybridized carbons (Fsp3) is 0. The minimum absolute atomic E-state index is 0. The highest BCUT2D eigenvalue weighted by atomic mass is 16.0. The molecule has 6 aromatic heterocycles. The lowest BCUT2D eigenvalue weighted by Gasteiger charge is -2.28. The largest absolute Gasteiger partial charge is 0.412 e. The zero-order chi connectivity index (χ0) is 23.9. The van der Waals surface area contributed by atoms with Crippen LogP contribution in [0.25, 0.3) is 34.1 Å².